The minimum atomic E-state index is -1.22. The molecule has 0 amide bonds. The van der Waals surface area contributed by atoms with Crippen LogP contribution in [0.4, 0.5) is 0 Å². The molecular weight excluding hydrogens is 352 g/mol. The quantitative estimate of drug-likeness (QED) is 0.406. The number of carbonyl (C=O) groups is 1. The Balaban J connectivity index is 1.67. The molecule has 0 heterocycles. The summed E-state index contributed by atoms with van der Waals surface area (Å²) < 4.78 is 6.04. The molecule has 0 aromatic heterocycles. The van der Waals surface area contributed by atoms with Crippen molar-refractivity contribution in [2.45, 2.75) is 104 Å². The highest BCUT2D eigenvalue weighted by Gasteiger charge is 2.59. The lowest BCUT2D eigenvalue weighted by atomic mass is 9.48. The highest BCUT2D eigenvalue weighted by Crippen LogP contribution is 2.65. The van der Waals surface area contributed by atoms with Crippen molar-refractivity contribution >= 4 is 5.97 Å². The second kappa shape index (κ2) is 6.84. The van der Waals surface area contributed by atoms with Gasteiger partial charge in [-0.15, -0.1) is 0 Å². The Morgan fingerprint density at radius 1 is 1.07 bits per heavy atom. The molecule has 2 unspecified atom stereocenters. The van der Waals surface area contributed by atoms with Gasteiger partial charge in [0.05, 0.1) is 5.41 Å². The number of carbonyl (C=O) groups excluding carboxylic acids is 1. The summed E-state index contributed by atoms with van der Waals surface area (Å²) in [5, 5.41) is 21.1. The molecule has 4 heteroatoms. The summed E-state index contributed by atoms with van der Waals surface area (Å²) in [5.41, 5.74) is 2.08. The van der Waals surface area contributed by atoms with Gasteiger partial charge in [0.25, 0.3) is 0 Å². The van der Waals surface area contributed by atoms with Crippen molar-refractivity contribution in [2.75, 3.05) is 0 Å². The Labute approximate surface area is 169 Å². The molecule has 0 aromatic carbocycles. The van der Waals surface area contributed by atoms with Gasteiger partial charge in [-0.1, -0.05) is 30.9 Å². The molecular formula is C24H38O4. The van der Waals surface area contributed by atoms with E-state index in [4.69, 9.17) is 4.74 Å². The first-order valence-corrected chi connectivity index (χ1v) is 11.4. The van der Waals surface area contributed by atoms with Crippen molar-refractivity contribution in [3.8, 4) is 0 Å². The molecule has 4 nitrogen and oxygen atoms in total. The predicted molar refractivity (Wildman–Crippen MR) is 108 cm³/mol. The van der Waals surface area contributed by atoms with Crippen LogP contribution in [0.15, 0.2) is 11.1 Å². The molecule has 0 aromatic rings. The van der Waals surface area contributed by atoms with Gasteiger partial charge in [0.2, 0.25) is 0 Å². The fourth-order valence-electron chi connectivity index (χ4n) is 7.17. The smallest absolute Gasteiger partial charge is 0.311 e. The van der Waals surface area contributed by atoms with Crippen molar-refractivity contribution in [1.29, 1.82) is 0 Å². The number of aliphatic hydroxyl groups is 2. The van der Waals surface area contributed by atoms with Gasteiger partial charge in [-0.3, -0.25) is 4.79 Å². The van der Waals surface area contributed by atoms with Crippen molar-refractivity contribution in [3.63, 3.8) is 0 Å². The number of hydrogen-bond donors (Lipinski definition) is 2. The Morgan fingerprint density at radius 3 is 2.50 bits per heavy atom. The maximum atomic E-state index is 12.5. The molecule has 28 heavy (non-hydrogen) atoms. The number of rotatable bonds is 2. The van der Waals surface area contributed by atoms with Crippen molar-refractivity contribution in [1.82, 2.24) is 0 Å². The van der Waals surface area contributed by atoms with Crippen molar-refractivity contribution in [3.05, 3.63) is 11.1 Å². The first-order valence-electron chi connectivity index (χ1n) is 11.4. The van der Waals surface area contributed by atoms with Gasteiger partial charge in [-0.25, -0.2) is 0 Å². The van der Waals surface area contributed by atoms with E-state index in [1.54, 1.807) is 0 Å². The minimum Gasteiger partial charge on any atom is -0.461 e. The van der Waals surface area contributed by atoms with Crippen LogP contribution in [0.3, 0.4) is 0 Å². The fraction of sp³-hybridized carbons (Fsp3) is 0.875. The van der Waals surface area contributed by atoms with Crippen LogP contribution in [0.5, 0.6) is 0 Å². The van der Waals surface area contributed by atoms with Crippen molar-refractivity contribution in [2.24, 2.45) is 28.1 Å². The number of aliphatic hydroxyl groups excluding tert-OH is 1. The lowest BCUT2D eigenvalue weighted by molar-refractivity contribution is -0.202. The Hall–Kier alpha value is -0.870. The molecule has 2 N–H and O–H groups in total. The number of ether oxygens (including phenoxy) is 1. The topological polar surface area (TPSA) is 66.8 Å². The maximum Gasteiger partial charge on any atom is 0.311 e. The molecule has 4 aliphatic rings. The van der Waals surface area contributed by atoms with Crippen LogP contribution in [0.25, 0.3) is 0 Å². The van der Waals surface area contributed by atoms with E-state index in [-0.39, 0.29) is 22.9 Å². The minimum absolute atomic E-state index is 0.0400. The van der Waals surface area contributed by atoms with Crippen LogP contribution in [0.1, 0.15) is 91.9 Å². The summed E-state index contributed by atoms with van der Waals surface area (Å²) in [6.07, 6.45) is 9.19. The van der Waals surface area contributed by atoms with Gasteiger partial charge >= 0.3 is 5.97 Å². The van der Waals surface area contributed by atoms with Crippen LogP contribution in [0, 0.1) is 28.1 Å². The summed E-state index contributed by atoms with van der Waals surface area (Å²) in [4.78, 5) is 12.5. The molecule has 0 aliphatic heterocycles. The zero-order chi connectivity index (χ0) is 20.3. The predicted octanol–water partition coefficient (Wildman–Crippen LogP) is 4.73. The van der Waals surface area contributed by atoms with E-state index >= 15 is 0 Å². The average molecular weight is 391 g/mol. The molecule has 0 radical (unpaired) electrons. The second-order valence-electron chi connectivity index (χ2n) is 11.2. The van der Waals surface area contributed by atoms with Crippen LogP contribution >= 0.6 is 0 Å². The lowest BCUT2D eigenvalue weighted by Crippen LogP contribution is -2.54. The van der Waals surface area contributed by atoms with E-state index < -0.39 is 11.7 Å². The van der Waals surface area contributed by atoms with E-state index in [1.165, 1.54) is 17.6 Å². The summed E-state index contributed by atoms with van der Waals surface area (Å²) >= 11 is 0. The molecule has 0 spiro atoms. The average Bonchev–Trinajstić information content (AvgIpc) is 2.97. The summed E-state index contributed by atoms with van der Waals surface area (Å²) in [6, 6.07) is 0. The first kappa shape index (κ1) is 20.4. The Bertz CT molecular complexity index is 673. The summed E-state index contributed by atoms with van der Waals surface area (Å²) in [5.74, 6) is 0.632. The standard InChI is InChI=1S/C24H38O4/c1-22(2,3)21(27)28-19-11-10-17-16-9-8-15-7-5-6-13-24(15,20(25)26)18(16)12-14-23(17,19)4/h15,18-20,25-26H,5-14H2,1-4H3/t15?,18-,19?,23+,24-/m1/s1. The van der Waals surface area contributed by atoms with Gasteiger partial charge < -0.3 is 14.9 Å². The number of allylic oxidation sites excluding steroid dienone is 1. The maximum absolute atomic E-state index is 12.5. The normalized spacial score (nSPS) is 40.8. The van der Waals surface area contributed by atoms with E-state index in [0.717, 1.165) is 57.8 Å². The summed E-state index contributed by atoms with van der Waals surface area (Å²) in [7, 11) is 0. The third-order valence-electron chi connectivity index (χ3n) is 8.74. The van der Waals surface area contributed by atoms with Gasteiger partial charge in [0.1, 0.15) is 6.10 Å². The van der Waals surface area contributed by atoms with Crippen molar-refractivity contribution < 1.29 is 19.7 Å². The highest BCUT2D eigenvalue weighted by molar-refractivity contribution is 5.75. The van der Waals surface area contributed by atoms with E-state index in [0.29, 0.717) is 11.8 Å². The Kier molecular flexibility index (Phi) is 4.98. The zero-order valence-corrected chi connectivity index (χ0v) is 18.1. The first-order chi connectivity index (χ1) is 13.1. The second-order valence-corrected chi connectivity index (χ2v) is 11.2. The van der Waals surface area contributed by atoms with Gasteiger partial charge in [-0.2, -0.15) is 0 Å². The zero-order valence-electron chi connectivity index (χ0n) is 18.1. The number of esters is 1. The lowest BCUT2D eigenvalue weighted by Gasteiger charge is -2.57. The number of hydrogen-bond acceptors (Lipinski definition) is 4. The highest BCUT2D eigenvalue weighted by atomic mass is 16.5. The van der Waals surface area contributed by atoms with E-state index in [9.17, 15) is 15.0 Å². The summed E-state index contributed by atoms with van der Waals surface area (Å²) in [6.45, 7) is 8.03. The molecule has 158 valence electrons. The van der Waals surface area contributed by atoms with E-state index in [1.807, 2.05) is 20.8 Å². The molecule has 0 bridgehead atoms. The van der Waals surface area contributed by atoms with E-state index in [2.05, 4.69) is 6.92 Å². The largest absolute Gasteiger partial charge is 0.461 e. The van der Waals surface area contributed by atoms with Gasteiger partial charge in [0, 0.05) is 10.8 Å². The molecule has 0 saturated heterocycles. The van der Waals surface area contributed by atoms with Gasteiger partial charge in [-0.05, 0) is 84.0 Å². The molecule has 4 rings (SSSR count). The third-order valence-corrected chi connectivity index (χ3v) is 8.74. The fourth-order valence-corrected chi connectivity index (χ4v) is 7.17. The number of fused-ring (bicyclic) bond motifs is 4. The van der Waals surface area contributed by atoms with Gasteiger partial charge in [0.15, 0.2) is 6.29 Å². The Morgan fingerprint density at radius 2 is 1.82 bits per heavy atom. The molecule has 5 atom stereocenters. The molecule has 4 aliphatic carbocycles. The van der Waals surface area contributed by atoms with Crippen LogP contribution in [-0.4, -0.2) is 28.6 Å². The van der Waals surface area contributed by atoms with Crippen LogP contribution < -0.4 is 0 Å². The molecule has 3 fully saturated rings. The SMILES string of the molecule is CC(C)(C)C(=O)OC1CCC2=C3CCC4CCCC[C@]4(C(O)O)[C@@H]3CC[C@@]21C. The van der Waals surface area contributed by atoms with Crippen LogP contribution in [0.2, 0.25) is 0 Å². The van der Waals surface area contributed by atoms with Crippen LogP contribution in [-0.2, 0) is 9.53 Å². The third kappa shape index (κ3) is 2.89. The monoisotopic (exact) mass is 390 g/mol. The molecule has 3 saturated carbocycles.